The first-order chi connectivity index (χ1) is 13.7. The van der Waals surface area contributed by atoms with E-state index >= 15 is 0 Å². The fraction of sp³-hybridized carbons (Fsp3) is 0.200. The van der Waals surface area contributed by atoms with Crippen molar-refractivity contribution in [2.45, 2.75) is 25.3 Å². The molecule has 0 amide bonds. The molecule has 5 rings (SSSR count). The lowest BCUT2D eigenvalue weighted by Crippen LogP contribution is -2.38. The SMILES string of the molecule is O=C1CCCC2=C1C(c1cccnc1Br)N=C(Nc1nc3ccccc3o1)N2. The summed E-state index contributed by atoms with van der Waals surface area (Å²) in [6, 6.07) is 11.2. The van der Waals surface area contributed by atoms with Crippen LogP contribution in [-0.2, 0) is 4.79 Å². The summed E-state index contributed by atoms with van der Waals surface area (Å²) >= 11 is 3.49. The number of carbonyl (C=O) groups is 1. The van der Waals surface area contributed by atoms with E-state index in [1.165, 1.54) is 0 Å². The van der Waals surface area contributed by atoms with Crippen molar-refractivity contribution in [1.29, 1.82) is 0 Å². The van der Waals surface area contributed by atoms with Crippen molar-refractivity contribution < 1.29 is 9.21 Å². The van der Waals surface area contributed by atoms with E-state index in [-0.39, 0.29) is 5.78 Å². The van der Waals surface area contributed by atoms with Crippen LogP contribution in [0, 0.1) is 0 Å². The molecule has 3 aromatic rings. The number of carbonyl (C=O) groups excluding carboxylic acids is 1. The third kappa shape index (κ3) is 2.99. The summed E-state index contributed by atoms with van der Waals surface area (Å²) in [5, 5.41) is 6.38. The van der Waals surface area contributed by atoms with Gasteiger partial charge in [-0.3, -0.25) is 10.1 Å². The van der Waals surface area contributed by atoms with Crippen molar-refractivity contribution in [3.8, 4) is 0 Å². The van der Waals surface area contributed by atoms with Crippen LogP contribution in [0.15, 0.2) is 67.9 Å². The maximum atomic E-state index is 12.7. The molecule has 2 aliphatic rings. The Balaban J connectivity index is 1.54. The van der Waals surface area contributed by atoms with E-state index in [1.54, 1.807) is 6.20 Å². The number of hydrogen-bond acceptors (Lipinski definition) is 7. The molecule has 2 N–H and O–H groups in total. The Labute approximate surface area is 169 Å². The van der Waals surface area contributed by atoms with Gasteiger partial charge in [0.1, 0.15) is 16.2 Å². The fourth-order valence-corrected chi connectivity index (χ4v) is 4.06. The van der Waals surface area contributed by atoms with E-state index in [0.717, 1.165) is 29.6 Å². The Hall–Kier alpha value is -3.00. The maximum absolute atomic E-state index is 12.7. The predicted molar refractivity (Wildman–Crippen MR) is 109 cm³/mol. The fourth-order valence-electron chi connectivity index (χ4n) is 3.60. The van der Waals surface area contributed by atoms with Crippen LogP contribution in [0.4, 0.5) is 6.01 Å². The Morgan fingerprint density at radius 3 is 2.93 bits per heavy atom. The molecule has 3 heterocycles. The monoisotopic (exact) mass is 437 g/mol. The van der Waals surface area contributed by atoms with Crippen LogP contribution in [0.3, 0.4) is 0 Å². The molecule has 0 bridgehead atoms. The first kappa shape index (κ1) is 17.1. The molecule has 2 aromatic heterocycles. The minimum atomic E-state index is -0.431. The lowest BCUT2D eigenvalue weighted by atomic mass is 9.86. The number of oxazole rings is 1. The zero-order chi connectivity index (χ0) is 19.1. The van der Waals surface area contributed by atoms with Gasteiger partial charge in [-0.05, 0) is 47.0 Å². The lowest BCUT2D eigenvalue weighted by Gasteiger charge is -2.30. The van der Waals surface area contributed by atoms with Gasteiger partial charge in [-0.15, -0.1) is 0 Å². The molecule has 1 unspecified atom stereocenters. The highest BCUT2D eigenvalue weighted by atomic mass is 79.9. The van der Waals surface area contributed by atoms with Gasteiger partial charge in [0.05, 0.1) is 0 Å². The smallest absolute Gasteiger partial charge is 0.302 e. The van der Waals surface area contributed by atoms with Crippen LogP contribution in [0.5, 0.6) is 0 Å². The molecule has 0 radical (unpaired) electrons. The van der Waals surface area contributed by atoms with Gasteiger partial charge in [-0.2, -0.15) is 4.98 Å². The van der Waals surface area contributed by atoms with Gasteiger partial charge in [-0.25, -0.2) is 9.98 Å². The number of benzene rings is 1. The molecule has 140 valence electrons. The van der Waals surface area contributed by atoms with Gasteiger partial charge >= 0.3 is 6.01 Å². The number of guanidine groups is 1. The molecule has 0 spiro atoms. The van der Waals surface area contributed by atoms with E-state index in [9.17, 15) is 4.79 Å². The van der Waals surface area contributed by atoms with E-state index in [4.69, 9.17) is 9.41 Å². The summed E-state index contributed by atoms with van der Waals surface area (Å²) < 4.78 is 6.42. The first-order valence-corrected chi connectivity index (χ1v) is 9.82. The number of ketones is 1. The number of halogens is 1. The van der Waals surface area contributed by atoms with E-state index < -0.39 is 6.04 Å². The van der Waals surface area contributed by atoms with Crippen LogP contribution in [-0.4, -0.2) is 21.7 Å². The molecule has 7 nitrogen and oxygen atoms in total. The van der Waals surface area contributed by atoms with Gasteiger partial charge in [0, 0.05) is 29.5 Å². The summed E-state index contributed by atoms with van der Waals surface area (Å²) in [6.07, 6.45) is 3.86. The number of nitrogens with one attached hydrogen (secondary N) is 2. The highest BCUT2D eigenvalue weighted by Crippen LogP contribution is 2.38. The molecule has 1 atom stereocenters. The molecule has 0 saturated heterocycles. The Morgan fingerprint density at radius 2 is 2.07 bits per heavy atom. The van der Waals surface area contributed by atoms with Gasteiger partial charge in [0.25, 0.3) is 0 Å². The maximum Gasteiger partial charge on any atom is 0.302 e. The van der Waals surface area contributed by atoms with Gasteiger partial charge in [0.15, 0.2) is 11.4 Å². The van der Waals surface area contributed by atoms with Crippen LogP contribution in [0.25, 0.3) is 11.1 Å². The number of rotatable bonds is 2. The number of anilines is 1. The number of pyridine rings is 1. The standard InChI is InChI=1S/C20H16BrN5O2/c21-18-11(5-4-10-22-18)17-16-13(7-3-8-14(16)27)23-19(25-17)26-20-24-12-6-1-2-9-15(12)28-20/h1-2,4-6,9-10,17H,3,7-8H2,(H2,23,24,25,26). The quantitative estimate of drug-likeness (QED) is 0.586. The summed E-state index contributed by atoms with van der Waals surface area (Å²) in [5.41, 5.74) is 3.92. The molecule has 8 heteroatoms. The molecule has 28 heavy (non-hydrogen) atoms. The number of aliphatic imine (C=N–C) groups is 1. The molecular formula is C20H16BrN5O2. The van der Waals surface area contributed by atoms with Gasteiger partial charge < -0.3 is 9.73 Å². The van der Waals surface area contributed by atoms with Crippen molar-refractivity contribution in [2.24, 2.45) is 4.99 Å². The normalized spacial score (nSPS) is 19.2. The molecular weight excluding hydrogens is 422 g/mol. The second kappa shape index (κ2) is 6.87. The molecule has 1 aliphatic carbocycles. The van der Waals surface area contributed by atoms with Crippen LogP contribution < -0.4 is 10.6 Å². The number of Topliss-reactive ketones (excluding diaryl/α,β-unsaturated/α-hetero) is 1. The minimum absolute atomic E-state index is 0.124. The van der Waals surface area contributed by atoms with E-state index in [1.807, 2.05) is 36.4 Å². The van der Waals surface area contributed by atoms with Crippen molar-refractivity contribution in [1.82, 2.24) is 15.3 Å². The zero-order valence-corrected chi connectivity index (χ0v) is 16.4. The zero-order valence-electron chi connectivity index (χ0n) is 14.8. The average molecular weight is 438 g/mol. The van der Waals surface area contributed by atoms with E-state index in [2.05, 4.69) is 36.5 Å². The highest BCUT2D eigenvalue weighted by molar-refractivity contribution is 9.10. The largest absolute Gasteiger partial charge is 0.423 e. The number of aromatic nitrogens is 2. The summed E-state index contributed by atoms with van der Waals surface area (Å²) in [5.74, 6) is 0.625. The van der Waals surface area contributed by atoms with Crippen LogP contribution >= 0.6 is 15.9 Å². The van der Waals surface area contributed by atoms with Crippen molar-refractivity contribution in [3.05, 3.63) is 64.0 Å². The Bertz CT molecular complexity index is 1120. The molecule has 1 aromatic carbocycles. The second-order valence-corrected chi connectivity index (χ2v) is 7.42. The third-order valence-corrected chi connectivity index (χ3v) is 5.52. The number of para-hydroxylation sites is 2. The summed E-state index contributed by atoms with van der Waals surface area (Å²) in [4.78, 5) is 26.1. The first-order valence-electron chi connectivity index (χ1n) is 9.03. The van der Waals surface area contributed by atoms with Crippen molar-refractivity contribution >= 4 is 44.8 Å². The number of nitrogens with zero attached hydrogens (tertiary/aromatic N) is 3. The lowest BCUT2D eigenvalue weighted by molar-refractivity contribution is -0.116. The number of fused-ring (bicyclic) bond motifs is 1. The van der Waals surface area contributed by atoms with Crippen molar-refractivity contribution in [3.63, 3.8) is 0 Å². The molecule has 1 aliphatic heterocycles. The van der Waals surface area contributed by atoms with Gasteiger partial charge in [0.2, 0.25) is 5.96 Å². The average Bonchev–Trinajstić information content (AvgIpc) is 3.10. The Kier molecular flexibility index (Phi) is 4.20. The predicted octanol–water partition coefficient (Wildman–Crippen LogP) is 4.10. The van der Waals surface area contributed by atoms with Crippen LogP contribution in [0.2, 0.25) is 0 Å². The van der Waals surface area contributed by atoms with Gasteiger partial charge in [-0.1, -0.05) is 18.2 Å². The van der Waals surface area contributed by atoms with Crippen molar-refractivity contribution in [2.75, 3.05) is 5.32 Å². The summed E-state index contributed by atoms with van der Waals surface area (Å²) in [6.45, 7) is 0. The highest BCUT2D eigenvalue weighted by Gasteiger charge is 2.34. The molecule has 0 saturated carbocycles. The second-order valence-electron chi connectivity index (χ2n) is 6.67. The molecule has 0 fully saturated rings. The number of allylic oxidation sites excluding steroid dienone is 1. The Morgan fingerprint density at radius 1 is 1.18 bits per heavy atom. The number of hydrogen-bond donors (Lipinski definition) is 2. The van der Waals surface area contributed by atoms with E-state index in [0.29, 0.717) is 34.2 Å². The third-order valence-electron chi connectivity index (χ3n) is 4.86. The minimum Gasteiger partial charge on any atom is -0.423 e. The topological polar surface area (TPSA) is 92.4 Å². The van der Waals surface area contributed by atoms with Crippen LogP contribution in [0.1, 0.15) is 30.9 Å². The summed E-state index contributed by atoms with van der Waals surface area (Å²) in [7, 11) is 0.